The van der Waals surface area contributed by atoms with E-state index in [1.807, 2.05) is 17.0 Å². The van der Waals surface area contributed by atoms with E-state index in [4.69, 9.17) is 21.6 Å². The number of halogens is 2. The molecule has 5 fully saturated rings. The lowest BCUT2D eigenvalue weighted by atomic mass is 9.93. The van der Waals surface area contributed by atoms with Crippen molar-refractivity contribution in [1.29, 1.82) is 5.26 Å². The average molecular weight is 810 g/mol. The van der Waals surface area contributed by atoms with Crippen LogP contribution in [0.3, 0.4) is 0 Å². The maximum absolute atomic E-state index is 15.4. The summed E-state index contributed by atoms with van der Waals surface area (Å²) in [6.07, 6.45) is 3.15. The highest BCUT2D eigenvalue weighted by Crippen LogP contribution is 2.53. The second-order valence-corrected chi connectivity index (χ2v) is 16.5. The zero-order valence-corrected chi connectivity index (χ0v) is 32.3. The van der Waals surface area contributed by atoms with E-state index < -0.39 is 35.5 Å². The SMILES string of the molecule is N#Cc1ccc(OC2CCC(NC(=O)c3ccc(N4CCN(CC5[C@H]6CN(c7cc8c(cc7F)C(=O)N(C7CCC(=O)NC7=O)C8=O)C[C@@H]56)CC4)nn3)CC2)cc1Cl. The van der Waals surface area contributed by atoms with Crippen molar-refractivity contribution < 1.29 is 33.1 Å². The first-order chi connectivity index (χ1) is 28.0. The van der Waals surface area contributed by atoms with Gasteiger partial charge in [-0.05, 0) is 86.3 Å². The third kappa shape index (κ3) is 7.21. The van der Waals surface area contributed by atoms with E-state index in [0.29, 0.717) is 47.2 Å². The summed E-state index contributed by atoms with van der Waals surface area (Å²) in [4.78, 5) is 70.8. The molecule has 5 heterocycles. The standard InChI is InChI=1S/C41H41ClFN9O6/c42-31-15-25(4-1-22(31)18-44)58-24-5-2-23(3-6-24)45-38(54)33-7-9-36(48-47-33)50-13-11-49(12-14-50)19-28-29-20-51(21-30(28)29)35-17-27-26(16-32(35)43)40(56)52(41(27)57)34-8-10-37(53)46-39(34)55/h1,4,7,9,15-17,23-24,28-30,34H,2-3,5-6,8,10-14,19-21H2,(H,45,54)(H,46,53,55)/t23?,24?,28?,29-,30+,34?. The molecule has 6 aliphatic rings. The van der Waals surface area contributed by atoms with Gasteiger partial charge in [0.2, 0.25) is 11.8 Å². The second kappa shape index (κ2) is 15.3. The van der Waals surface area contributed by atoms with Crippen molar-refractivity contribution in [3.8, 4) is 11.8 Å². The molecule has 2 saturated carbocycles. The molecule has 5 amide bonds. The van der Waals surface area contributed by atoms with Gasteiger partial charge in [0.25, 0.3) is 17.7 Å². The van der Waals surface area contributed by atoms with Gasteiger partial charge in [-0.25, -0.2) is 4.39 Å². The number of nitriles is 1. The Bertz CT molecular complexity index is 2230. The number of carbonyl (C=O) groups is 5. The van der Waals surface area contributed by atoms with Crippen molar-refractivity contribution in [1.82, 2.24) is 30.6 Å². The van der Waals surface area contributed by atoms with Gasteiger partial charge in [-0.15, -0.1) is 10.2 Å². The third-order valence-electron chi connectivity index (χ3n) is 12.6. The van der Waals surface area contributed by atoms with E-state index in [0.717, 1.165) is 75.2 Å². The molecule has 2 aromatic carbocycles. The number of hydrogen-bond donors (Lipinski definition) is 2. The molecule has 2 N–H and O–H groups in total. The van der Waals surface area contributed by atoms with Crippen LogP contribution in [0.1, 0.15) is 75.3 Å². The minimum atomic E-state index is -1.10. The Hall–Kier alpha value is -5.66. The maximum atomic E-state index is 15.4. The van der Waals surface area contributed by atoms with Crippen molar-refractivity contribution in [3.05, 3.63) is 75.7 Å². The zero-order chi connectivity index (χ0) is 40.2. The lowest BCUT2D eigenvalue weighted by Crippen LogP contribution is -2.54. The molecule has 4 aliphatic heterocycles. The van der Waals surface area contributed by atoms with Crippen molar-refractivity contribution in [2.75, 3.05) is 55.6 Å². The van der Waals surface area contributed by atoms with E-state index in [-0.39, 0.29) is 53.4 Å². The van der Waals surface area contributed by atoms with Gasteiger partial charge >= 0.3 is 0 Å². The molecule has 300 valence electrons. The number of benzene rings is 2. The Morgan fingerprint density at radius 2 is 1.64 bits per heavy atom. The first-order valence-electron chi connectivity index (χ1n) is 19.8. The number of nitrogens with one attached hydrogen (secondary N) is 2. The molecule has 0 spiro atoms. The van der Waals surface area contributed by atoms with Gasteiger partial charge in [0.1, 0.15) is 23.7 Å². The molecule has 58 heavy (non-hydrogen) atoms. The van der Waals surface area contributed by atoms with Crippen molar-refractivity contribution in [2.45, 2.75) is 56.7 Å². The Morgan fingerprint density at radius 1 is 0.914 bits per heavy atom. The zero-order valence-electron chi connectivity index (χ0n) is 31.5. The molecular formula is C41H41ClFN9O6. The Labute approximate surface area is 338 Å². The topological polar surface area (TPSA) is 181 Å². The second-order valence-electron chi connectivity index (χ2n) is 16.1. The molecule has 3 aromatic rings. The van der Waals surface area contributed by atoms with Crippen LogP contribution < -0.4 is 25.2 Å². The Morgan fingerprint density at radius 3 is 2.29 bits per heavy atom. The number of carbonyl (C=O) groups excluding carboxylic acids is 5. The molecule has 15 nitrogen and oxygen atoms in total. The molecule has 0 radical (unpaired) electrons. The fourth-order valence-electron chi connectivity index (χ4n) is 9.35. The van der Waals surface area contributed by atoms with E-state index in [1.54, 1.807) is 24.3 Å². The first kappa shape index (κ1) is 37.9. The summed E-state index contributed by atoms with van der Waals surface area (Å²) in [7, 11) is 0. The van der Waals surface area contributed by atoms with Gasteiger partial charge in [-0.3, -0.25) is 39.1 Å². The van der Waals surface area contributed by atoms with Crippen molar-refractivity contribution >= 4 is 52.6 Å². The van der Waals surface area contributed by atoms with Crippen LogP contribution in [0.5, 0.6) is 5.75 Å². The Balaban J connectivity index is 0.711. The van der Waals surface area contributed by atoms with Crippen LogP contribution in [0.25, 0.3) is 0 Å². The van der Waals surface area contributed by atoms with E-state index in [9.17, 15) is 24.0 Å². The van der Waals surface area contributed by atoms with Gasteiger partial charge in [-0.2, -0.15) is 5.26 Å². The lowest BCUT2D eigenvalue weighted by Gasteiger charge is -2.35. The summed E-state index contributed by atoms with van der Waals surface area (Å²) in [6, 6.07) is 12.1. The Kier molecular flexibility index (Phi) is 9.97. The number of imide groups is 2. The molecule has 1 aromatic heterocycles. The summed E-state index contributed by atoms with van der Waals surface area (Å²) in [5.41, 5.74) is 0.989. The van der Waals surface area contributed by atoms with E-state index in [2.05, 4.69) is 30.6 Å². The van der Waals surface area contributed by atoms with Gasteiger partial charge < -0.3 is 19.9 Å². The molecule has 17 heteroatoms. The largest absolute Gasteiger partial charge is 0.490 e. The van der Waals surface area contributed by atoms with E-state index in [1.165, 1.54) is 6.07 Å². The molecule has 3 saturated heterocycles. The number of rotatable bonds is 9. The monoisotopic (exact) mass is 809 g/mol. The highest BCUT2D eigenvalue weighted by Gasteiger charge is 2.56. The molecule has 2 aliphatic carbocycles. The summed E-state index contributed by atoms with van der Waals surface area (Å²) in [6.45, 7) is 5.52. The van der Waals surface area contributed by atoms with Gasteiger partial charge in [0.15, 0.2) is 11.5 Å². The highest BCUT2D eigenvalue weighted by molar-refractivity contribution is 6.31. The fraction of sp³-hybridized carbons (Fsp3) is 0.463. The number of piperidine rings is 2. The van der Waals surface area contributed by atoms with Crippen molar-refractivity contribution in [2.24, 2.45) is 17.8 Å². The van der Waals surface area contributed by atoms with E-state index >= 15 is 4.39 Å². The number of ether oxygens (including phenoxy) is 1. The predicted molar refractivity (Wildman–Crippen MR) is 207 cm³/mol. The summed E-state index contributed by atoms with van der Waals surface area (Å²) in [5, 5.41) is 23.3. The average Bonchev–Trinajstić information content (AvgIpc) is 3.52. The number of amides is 5. The minimum Gasteiger partial charge on any atom is -0.490 e. The minimum absolute atomic E-state index is 0.00565. The smallest absolute Gasteiger partial charge is 0.272 e. The van der Waals surface area contributed by atoms with Crippen LogP contribution in [-0.2, 0) is 9.59 Å². The van der Waals surface area contributed by atoms with Crippen LogP contribution in [0.4, 0.5) is 15.9 Å². The quantitative estimate of drug-likeness (QED) is 0.302. The van der Waals surface area contributed by atoms with Gasteiger partial charge in [0.05, 0.1) is 33.5 Å². The van der Waals surface area contributed by atoms with Crippen molar-refractivity contribution in [3.63, 3.8) is 0 Å². The number of fused-ring (bicyclic) bond motifs is 2. The van der Waals surface area contributed by atoms with Crippen LogP contribution >= 0.6 is 11.6 Å². The summed E-state index contributed by atoms with van der Waals surface area (Å²) in [5.74, 6) is -0.675. The molecule has 0 bridgehead atoms. The number of nitrogens with zero attached hydrogens (tertiary/aromatic N) is 7. The summed E-state index contributed by atoms with van der Waals surface area (Å²) >= 11 is 6.14. The number of hydrogen-bond acceptors (Lipinski definition) is 12. The summed E-state index contributed by atoms with van der Waals surface area (Å²) < 4.78 is 21.5. The first-order valence-corrected chi connectivity index (χ1v) is 20.2. The molecular weight excluding hydrogens is 769 g/mol. The number of aromatic nitrogens is 2. The van der Waals surface area contributed by atoms with Gasteiger partial charge in [-0.1, -0.05) is 11.6 Å². The molecule has 9 rings (SSSR count). The molecule has 4 atom stereocenters. The maximum Gasteiger partial charge on any atom is 0.272 e. The van der Waals surface area contributed by atoms with Crippen LogP contribution in [0.15, 0.2) is 42.5 Å². The predicted octanol–water partition coefficient (Wildman–Crippen LogP) is 3.17. The lowest BCUT2D eigenvalue weighted by molar-refractivity contribution is -0.136. The molecule has 2 unspecified atom stereocenters. The fourth-order valence-corrected chi connectivity index (χ4v) is 9.56. The van der Waals surface area contributed by atoms with Crippen LogP contribution in [0, 0.1) is 34.9 Å². The highest BCUT2D eigenvalue weighted by atomic mass is 35.5. The van der Waals surface area contributed by atoms with Crippen LogP contribution in [0.2, 0.25) is 5.02 Å². The normalized spacial score (nSPS) is 26.9. The third-order valence-corrected chi connectivity index (χ3v) is 13.0. The van der Waals surface area contributed by atoms with Gasteiger partial charge in [0, 0.05) is 64.3 Å². The number of piperazine rings is 1. The number of anilines is 2. The van der Waals surface area contributed by atoms with Crippen LogP contribution in [-0.4, -0.2) is 114 Å².